The van der Waals surface area contributed by atoms with Crippen LogP contribution in [0.2, 0.25) is 0 Å². The topological polar surface area (TPSA) is 87.5 Å². The van der Waals surface area contributed by atoms with Crippen molar-refractivity contribution in [3.8, 4) is 6.07 Å². The van der Waals surface area contributed by atoms with Crippen LogP contribution in [0.15, 0.2) is 0 Å². The molecule has 0 unspecified atom stereocenters. The van der Waals surface area contributed by atoms with Crippen LogP contribution in [0.5, 0.6) is 0 Å². The van der Waals surface area contributed by atoms with Crippen molar-refractivity contribution in [3.63, 3.8) is 0 Å². The van der Waals surface area contributed by atoms with Gasteiger partial charge >= 0.3 is 6.09 Å². The highest BCUT2D eigenvalue weighted by Gasteiger charge is 2.54. The molecule has 6 nitrogen and oxygen atoms in total. The van der Waals surface area contributed by atoms with Gasteiger partial charge in [-0.15, -0.1) is 0 Å². The van der Waals surface area contributed by atoms with Gasteiger partial charge in [0, 0.05) is 6.26 Å². The molecule has 0 N–H and O–H groups in total. The van der Waals surface area contributed by atoms with E-state index in [1.807, 2.05) is 0 Å². The van der Waals surface area contributed by atoms with Gasteiger partial charge in [0.1, 0.15) is 5.60 Å². The molecule has 0 spiro atoms. The monoisotopic (exact) mass is 260 g/mol. The third kappa shape index (κ3) is 2.69. The SMILES string of the molecule is CC(C)(C)OC(=O)N1CC(C#N)(S(C)(=O)=O)C1. The fraction of sp³-hybridized carbons (Fsp3) is 0.800. The molecule has 0 aromatic heterocycles. The van der Waals surface area contributed by atoms with Crippen LogP contribution in [0.1, 0.15) is 20.8 Å². The summed E-state index contributed by atoms with van der Waals surface area (Å²) < 4.78 is 26.4. The molecule has 0 aromatic rings. The summed E-state index contributed by atoms with van der Waals surface area (Å²) in [6, 6.07) is 1.77. The zero-order valence-corrected chi connectivity index (χ0v) is 11.2. The highest BCUT2D eigenvalue weighted by molar-refractivity contribution is 7.92. The van der Waals surface area contributed by atoms with E-state index in [0.29, 0.717) is 0 Å². The van der Waals surface area contributed by atoms with Crippen molar-refractivity contribution >= 4 is 15.9 Å². The maximum Gasteiger partial charge on any atom is 0.410 e. The summed E-state index contributed by atoms with van der Waals surface area (Å²) in [6.07, 6.45) is 0.412. The van der Waals surface area contributed by atoms with Crippen molar-refractivity contribution < 1.29 is 17.9 Å². The molecule has 1 rings (SSSR count). The predicted molar refractivity (Wildman–Crippen MR) is 61.0 cm³/mol. The Balaban J connectivity index is 2.69. The zero-order chi connectivity index (χ0) is 13.5. The summed E-state index contributed by atoms with van der Waals surface area (Å²) in [7, 11) is -3.50. The van der Waals surface area contributed by atoms with Gasteiger partial charge in [-0.2, -0.15) is 5.26 Å². The molecule has 0 radical (unpaired) electrons. The van der Waals surface area contributed by atoms with E-state index in [2.05, 4.69) is 0 Å². The van der Waals surface area contributed by atoms with Crippen LogP contribution in [0, 0.1) is 11.3 Å². The van der Waals surface area contributed by atoms with Crippen LogP contribution in [-0.2, 0) is 14.6 Å². The molecule has 0 aliphatic carbocycles. The number of hydrogen-bond donors (Lipinski definition) is 0. The van der Waals surface area contributed by atoms with E-state index in [4.69, 9.17) is 10.00 Å². The second-order valence-electron chi connectivity index (χ2n) is 5.21. The second-order valence-corrected chi connectivity index (χ2v) is 7.54. The minimum atomic E-state index is -3.50. The van der Waals surface area contributed by atoms with Gasteiger partial charge < -0.3 is 9.64 Å². The average molecular weight is 260 g/mol. The van der Waals surface area contributed by atoms with Gasteiger partial charge in [0.25, 0.3) is 0 Å². The summed E-state index contributed by atoms with van der Waals surface area (Å²) >= 11 is 0. The third-order valence-corrected chi connectivity index (χ3v) is 4.23. The Labute approximate surface area is 101 Å². The van der Waals surface area contributed by atoms with Crippen molar-refractivity contribution in [3.05, 3.63) is 0 Å². The number of sulfone groups is 1. The third-order valence-electron chi connectivity index (χ3n) is 2.46. The van der Waals surface area contributed by atoms with Crippen molar-refractivity contribution in [2.45, 2.75) is 31.1 Å². The molecule has 7 heteroatoms. The second kappa shape index (κ2) is 3.88. The molecule has 1 amide bonds. The maximum atomic E-state index is 11.6. The lowest BCUT2D eigenvalue weighted by Crippen LogP contribution is -2.66. The first-order valence-electron chi connectivity index (χ1n) is 5.09. The highest BCUT2D eigenvalue weighted by atomic mass is 32.2. The smallest absolute Gasteiger partial charge is 0.410 e. The summed E-state index contributed by atoms with van der Waals surface area (Å²) in [4.78, 5) is 12.8. The molecule has 0 bridgehead atoms. The largest absolute Gasteiger partial charge is 0.444 e. The van der Waals surface area contributed by atoms with E-state index < -0.39 is 26.3 Å². The molecule has 1 saturated heterocycles. The Morgan fingerprint density at radius 2 is 1.88 bits per heavy atom. The molecule has 0 saturated carbocycles. The normalized spacial score (nSPS) is 19.1. The number of likely N-dealkylation sites (tertiary alicyclic amines) is 1. The van der Waals surface area contributed by atoms with E-state index in [9.17, 15) is 13.2 Å². The lowest BCUT2D eigenvalue weighted by molar-refractivity contribution is 0.00890. The number of hydrogen-bond acceptors (Lipinski definition) is 5. The molecule has 1 aliphatic rings. The van der Waals surface area contributed by atoms with E-state index in [0.717, 1.165) is 6.26 Å². The van der Waals surface area contributed by atoms with Crippen molar-refractivity contribution in [2.24, 2.45) is 0 Å². The first-order chi connectivity index (χ1) is 7.51. The number of amides is 1. The molecule has 1 fully saturated rings. The predicted octanol–water partition coefficient (Wildman–Crippen LogP) is 0.544. The van der Waals surface area contributed by atoms with Crippen LogP contribution in [0.3, 0.4) is 0 Å². The van der Waals surface area contributed by atoms with Crippen LogP contribution in [-0.4, -0.2) is 49.1 Å². The molecular formula is C10H16N2O4S. The summed E-state index contributed by atoms with van der Waals surface area (Å²) in [5.41, 5.74) is -0.632. The van der Waals surface area contributed by atoms with Crippen LogP contribution >= 0.6 is 0 Å². The number of carbonyl (C=O) groups excluding carboxylic acids is 1. The molecular weight excluding hydrogens is 244 g/mol. The Hall–Kier alpha value is -1.29. The first-order valence-corrected chi connectivity index (χ1v) is 6.99. The van der Waals surface area contributed by atoms with Crippen molar-refractivity contribution in [1.29, 1.82) is 5.26 Å². The minimum absolute atomic E-state index is 0.128. The molecule has 96 valence electrons. The molecule has 0 aromatic carbocycles. The Morgan fingerprint density at radius 3 is 2.18 bits per heavy atom. The van der Waals surface area contributed by atoms with Gasteiger partial charge in [-0.1, -0.05) is 0 Å². The maximum absolute atomic E-state index is 11.6. The van der Waals surface area contributed by atoms with Crippen LogP contribution in [0.4, 0.5) is 4.79 Å². The Bertz CT molecular complexity index is 464. The van der Waals surface area contributed by atoms with Crippen LogP contribution in [0.25, 0.3) is 0 Å². The van der Waals surface area contributed by atoms with E-state index in [1.165, 1.54) is 4.90 Å². The lowest BCUT2D eigenvalue weighted by atomic mass is 10.0. The fourth-order valence-electron chi connectivity index (χ4n) is 1.41. The van der Waals surface area contributed by atoms with Gasteiger partial charge in [-0.05, 0) is 20.8 Å². The van der Waals surface area contributed by atoms with E-state index in [-0.39, 0.29) is 13.1 Å². The molecule has 0 atom stereocenters. The van der Waals surface area contributed by atoms with Crippen molar-refractivity contribution in [2.75, 3.05) is 19.3 Å². The van der Waals surface area contributed by atoms with Gasteiger partial charge in [-0.25, -0.2) is 13.2 Å². The van der Waals surface area contributed by atoms with Gasteiger partial charge in [0.15, 0.2) is 14.6 Å². The van der Waals surface area contributed by atoms with Gasteiger partial charge in [-0.3, -0.25) is 0 Å². The average Bonchev–Trinajstić information content (AvgIpc) is 1.95. The molecule has 1 aliphatic heterocycles. The number of nitrogens with zero attached hydrogens (tertiary/aromatic N) is 2. The number of rotatable bonds is 1. The van der Waals surface area contributed by atoms with Crippen LogP contribution < -0.4 is 0 Å². The summed E-state index contributed by atoms with van der Waals surface area (Å²) in [5.74, 6) is 0. The fourth-order valence-corrected chi connectivity index (χ4v) is 2.36. The molecule has 17 heavy (non-hydrogen) atoms. The minimum Gasteiger partial charge on any atom is -0.444 e. The standard InChI is InChI=1S/C10H16N2O4S/c1-9(2,3)16-8(13)12-6-10(5-11,7-12)17(4,14)15/h6-7H2,1-4H3. The summed E-state index contributed by atoms with van der Waals surface area (Å²) in [6.45, 7) is 4.91. The molecule has 1 heterocycles. The summed E-state index contributed by atoms with van der Waals surface area (Å²) in [5, 5.41) is 8.90. The highest BCUT2D eigenvalue weighted by Crippen LogP contribution is 2.29. The zero-order valence-electron chi connectivity index (χ0n) is 10.3. The Kier molecular flexibility index (Phi) is 3.14. The first kappa shape index (κ1) is 13.8. The Morgan fingerprint density at radius 1 is 1.41 bits per heavy atom. The quantitative estimate of drug-likeness (QED) is 0.686. The number of nitriles is 1. The van der Waals surface area contributed by atoms with Gasteiger partial charge in [0.05, 0.1) is 19.2 Å². The lowest BCUT2D eigenvalue weighted by Gasteiger charge is -2.43. The van der Waals surface area contributed by atoms with E-state index in [1.54, 1.807) is 26.8 Å². The van der Waals surface area contributed by atoms with Gasteiger partial charge in [0.2, 0.25) is 0 Å². The number of carbonyl (C=O) groups is 1. The van der Waals surface area contributed by atoms with E-state index >= 15 is 0 Å². The number of ether oxygens (including phenoxy) is 1. The van der Waals surface area contributed by atoms with Crippen molar-refractivity contribution in [1.82, 2.24) is 4.90 Å².